The van der Waals surface area contributed by atoms with Gasteiger partial charge < -0.3 is 9.84 Å². The highest BCUT2D eigenvalue weighted by molar-refractivity contribution is 14.1. The predicted octanol–water partition coefficient (Wildman–Crippen LogP) is 5.90. The number of rotatable bonds is 9. The number of H-pyrrole nitrogens is 1. The second kappa shape index (κ2) is 11.3. The van der Waals surface area contributed by atoms with Gasteiger partial charge in [-0.05, 0) is 87.6 Å². The van der Waals surface area contributed by atoms with Crippen molar-refractivity contribution >= 4 is 69.0 Å². The van der Waals surface area contributed by atoms with Gasteiger partial charge in [-0.2, -0.15) is 0 Å². The minimum Gasteiger partial charge on any atom is -0.487 e. The molecule has 0 aliphatic carbocycles. The summed E-state index contributed by atoms with van der Waals surface area (Å²) in [4.78, 5) is 16.3. The zero-order chi connectivity index (χ0) is 22.4. The summed E-state index contributed by atoms with van der Waals surface area (Å²) in [7, 11) is 0. The number of nitrogens with one attached hydrogen (secondary N) is 1. The lowest BCUT2D eigenvalue weighted by molar-refractivity contribution is -0.131. The molecule has 0 unspecified atom stereocenters. The molecular formula is C21H18FI2N3O3S. The first-order valence-electron chi connectivity index (χ1n) is 9.26. The molecule has 0 amide bonds. The lowest BCUT2D eigenvalue weighted by Crippen LogP contribution is -2.03. The summed E-state index contributed by atoms with van der Waals surface area (Å²) < 4.78 is 21.6. The van der Waals surface area contributed by atoms with Crippen molar-refractivity contribution in [2.45, 2.75) is 31.5 Å². The fraction of sp³-hybridized carbons (Fsp3) is 0.190. The number of aliphatic carboxylic acids is 1. The van der Waals surface area contributed by atoms with E-state index < -0.39 is 5.97 Å². The smallest absolute Gasteiger partial charge is 0.342 e. The van der Waals surface area contributed by atoms with Crippen molar-refractivity contribution in [3.63, 3.8) is 0 Å². The Morgan fingerprint density at radius 1 is 1.32 bits per heavy atom. The van der Waals surface area contributed by atoms with Crippen LogP contribution in [0.25, 0.3) is 6.08 Å². The van der Waals surface area contributed by atoms with Gasteiger partial charge >= 0.3 is 5.97 Å². The summed E-state index contributed by atoms with van der Waals surface area (Å²) in [5.41, 5.74) is 1.01. The molecule has 0 spiro atoms. The summed E-state index contributed by atoms with van der Waals surface area (Å²) in [6.07, 6.45) is 3.18. The number of aromatic amines is 1. The van der Waals surface area contributed by atoms with E-state index in [1.165, 1.54) is 12.1 Å². The van der Waals surface area contributed by atoms with Gasteiger partial charge in [-0.15, -0.1) is 5.10 Å². The van der Waals surface area contributed by atoms with Gasteiger partial charge in [-0.1, -0.05) is 25.1 Å². The summed E-state index contributed by atoms with van der Waals surface area (Å²) in [6.45, 7) is 2.06. The molecule has 0 saturated carbocycles. The highest BCUT2D eigenvalue weighted by atomic mass is 127. The third kappa shape index (κ3) is 6.65. The normalized spacial score (nSPS) is 11.5. The largest absolute Gasteiger partial charge is 0.487 e. The van der Waals surface area contributed by atoms with E-state index in [9.17, 15) is 14.3 Å². The Balaban J connectivity index is 1.91. The molecule has 0 aliphatic rings. The number of nitrogens with zero attached hydrogens (tertiary/aromatic N) is 2. The Hall–Kier alpha value is -1.67. The molecule has 3 aromatic rings. The van der Waals surface area contributed by atoms with Gasteiger partial charge in [0.25, 0.3) is 0 Å². The maximum Gasteiger partial charge on any atom is 0.342 e. The number of carboxylic acid groups (broad SMARTS) is 1. The number of halogens is 3. The second-order valence-electron chi connectivity index (χ2n) is 6.42. The number of hydrogen-bond donors (Lipinski definition) is 2. The monoisotopic (exact) mass is 665 g/mol. The minimum absolute atomic E-state index is 0.0287. The van der Waals surface area contributed by atoms with Crippen molar-refractivity contribution in [2.24, 2.45) is 0 Å². The number of benzene rings is 2. The average Bonchev–Trinajstić information content (AvgIpc) is 3.15. The molecule has 162 valence electrons. The number of carboxylic acids is 1. The molecule has 10 heteroatoms. The van der Waals surface area contributed by atoms with Crippen molar-refractivity contribution < 1.29 is 19.0 Å². The Morgan fingerprint density at radius 3 is 2.81 bits per heavy atom. The van der Waals surface area contributed by atoms with E-state index in [0.29, 0.717) is 27.9 Å². The van der Waals surface area contributed by atoms with E-state index >= 15 is 0 Å². The molecule has 3 rings (SSSR count). The van der Waals surface area contributed by atoms with Gasteiger partial charge in [-0.3, -0.25) is 5.10 Å². The molecular weight excluding hydrogens is 647 g/mol. The molecule has 1 aromatic heterocycles. The van der Waals surface area contributed by atoms with E-state index in [-0.39, 0.29) is 17.3 Å². The van der Waals surface area contributed by atoms with E-state index in [1.54, 1.807) is 18.2 Å². The molecule has 0 atom stereocenters. The van der Waals surface area contributed by atoms with Gasteiger partial charge in [0.2, 0.25) is 5.16 Å². The van der Waals surface area contributed by atoms with Gasteiger partial charge in [0.05, 0.1) is 3.57 Å². The van der Waals surface area contributed by atoms with Gasteiger partial charge in [0.15, 0.2) is 0 Å². The van der Waals surface area contributed by atoms with Crippen molar-refractivity contribution in [1.82, 2.24) is 15.2 Å². The van der Waals surface area contributed by atoms with Crippen LogP contribution in [0.1, 0.15) is 30.3 Å². The Kier molecular flexibility index (Phi) is 8.72. The van der Waals surface area contributed by atoms with Crippen LogP contribution in [0.15, 0.2) is 46.5 Å². The van der Waals surface area contributed by atoms with Crippen LogP contribution in [0.3, 0.4) is 0 Å². The number of carbonyl (C=O) groups is 1. The average molecular weight is 665 g/mol. The molecule has 0 saturated heterocycles. The standard InChI is InChI=1S/C21H18FI2N3O3S/c1-2-5-18-25-21(27-26-18)31-17(20(28)29)9-13-8-14(23)10-16(24)19(13)30-11-12-6-3-4-7-15(12)22/h3-4,6-10H,2,5,11H2,1H3,(H,28,29)(H,25,26,27)/b17-9-. The summed E-state index contributed by atoms with van der Waals surface area (Å²) in [5, 5.41) is 17.0. The van der Waals surface area contributed by atoms with Crippen LogP contribution >= 0.6 is 56.9 Å². The summed E-state index contributed by atoms with van der Waals surface area (Å²) >= 11 is 5.25. The van der Waals surface area contributed by atoms with Gasteiger partial charge in [0, 0.05) is 21.1 Å². The topological polar surface area (TPSA) is 88.1 Å². The van der Waals surface area contributed by atoms with E-state index in [1.807, 2.05) is 19.1 Å². The quantitative estimate of drug-likeness (QED) is 0.168. The molecule has 2 N–H and O–H groups in total. The molecule has 0 fully saturated rings. The first kappa shape index (κ1) is 24.0. The third-order valence-electron chi connectivity index (χ3n) is 4.06. The van der Waals surface area contributed by atoms with Crippen LogP contribution < -0.4 is 4.74 Å². The molecule has 0 bridgehead atoms. The predicted molar refractivity (Wildman–Crippen MR) is 134 cm³/mol. The van der Waals surface area contributed by atoms with E-state index in [2.05, 4.69) is 60.4 Å². The molecule has 6 nitrogen and oxygen atoms in total. The number of ether oxygens (including phenoxy) is 1. The van der Waals surface area contributed by atoms with Crippen LogP contribution in [0.5, 0.6) is 5.75 Å². The van der Waals surface area contributed by atoms with Gasteiger partial charge in [-0.25, -0.2) is 14.2 Å². The Bertz CT molecular complexity index is 1120. The van der Waals surface area contributed by atoms with Crippen molar-refractivity contribution in [1.29, 1.82) is 0 Å². The first-order chi connectivity index (χ1) is 14.9. The number of aromatic nitrogens is 3. The lowest BCUT2D eigenvalue weighted by atomic mass is 10.2. The van der Waals surface area contributed by atoms with Gasteiger partial charge in [0.1, 0.15) is 28.9 Å². The Morgan fingerprint density at radius 2 is 2.10 bits per heavy atom. The fourth-order valence-electron chi connectivity index (χ4n) is 2.65. The molecule has 2 aromatic carbocycles. The lowest BCUT2D eigenvalue weighted by Gasteiger charge is -2.13. The first-order valence-corrected chi connectivity index (χ1v) is 12.2. The maximum atomic E-state index is 14.0. The van der Waals surface area contributed by atoms with Crippen molar-refractivity contribution in [3.05, 3.63) is 71.2 Å². The van der Waals surface area contributed by atoms with E-state index in [4.69, 9.17) is 4.74 Å². The zero-order valence-electron chi connectivity index (χ0n) is 16.4. The van der Waals surface area contributed by atoms with Crippen LogP contribution in [0, 0.1) is 13.0 Å². The summed E-state index contributed by atoms with van der Waals surface area (Å²) in [5.74, 6) is -0.243. The van der Waals surface area contributed by atoms with Crippen LogP contribution in [0.2, 0.25) is 0 Å². The molecule has 0 aliphatic heterocycles. The van der Waals surface area contributed by atoms with Crippen molar-refractivity contribution in [2.75, 3.05) is 0 Å². The highest BCUT2D eigenvalue weighted by Gasteiger charge is 2.17. The fourth-order valence-corrected chi connectivity index (χ4v) is 5.41. The van der Waals surface area contributed by atoms with E-state index in [0.717, 1.165) is 31.7 Å². The summed E-state index contributed by atoms with van der Waals surface area (Å²) in [6, 6.07) is 10.1. The Labute approximate surface area is 210 Å². The van der Waals surface area contributed by atoms with Crippen LogP contribution in [-0.4, -0.2) is 26.3 Å². The number of aryl methyl sites for hydroxylation is 1. The second-order valence-corrected chi connectivity index (χ2v) is 9.83. The maximum absolute atomic E-state index is 14.0. The minimum atomic E-state index is -1.10. The van der Waals surface area contributed by atoms with Crippen LogP contribution in [0.4, 0.5) is 4.39 Å². The SMILES string of the molecule is CCCc1nc(S/C(=C\c2cc(I)cc(I)c2OCc2ccccc2F)C(=O)O)n[nH]1. The van der Waals surface area contributed by atoms with Crippen LogP contribution in [-0.2, 0) is 17.8 Å². The van der Waals surface area contributed by atoms with Crippen molar-refractivity contribution in [3.8, 4) is 5.75 Å². The molecule has 31 heavy (non-hydrogen) atoms. The number of hydrogen-bond acceptors (Lipinski definition) is 5. The third-order valence-corrected chi connectivity index (χ3v) is 6.37. The molecule has 1 heterocycles. The molecule has 0 radical (unpaired) electrons. The zero-order valence-corrected chi connectivity index (χ0v) is 21.5. The highest BCUT2D eigenvalue weighted by Crippen LogP contribution is 2.34. The number of thioether (sulfide) groups is 1.